The molecule has 0 aromatic heterocycles. The summed E-state index contributed by atoms with van der Waals surface area (Å²) >= 11 is 0. The van der Waals surface area contributed by atoms with Gasteiger partial charge >= 0.3 is 11.8 Å². The Morgan fingerprint density at radius 2 is 1.79 bits per heavy atom. The van der Waals surface area contributed by atoms with Crippen molar-refractivity contribution in [3.8, 4) is 17.2 Å². The van der Waals surface area contributed by atoms with Gasteiger partial charge in [0.2, 0.25) is 5.75 Å². The van der Waals surface area contributed by atoms with Gasteiger partial charge in [-0.1, -0.05) is 0 Å². The van der Waals surface area contributed by atoms with E-state index in [4.69, 9.17) is 14.2 Å². The van der Waals surface area contributed by atoms with Gasteiger partial charge in [0.25, 0.3) is 5.91 Å². The lowest BCUT2D eigenvalue weighted by molar-refractivity contribution is -0.139. The molecule has 3 amide bonds. The monoisotopic (exact) mass is 337 g/mol. The van der Waals surface area contributed by atoms with Gasteiger partial charge in [-0.05, 0) is 26.0 Å². The predicted molar refractivity (Wildman–Crippen MR) is 82.9 cm³/mol. The summed E-state index contributed by atoms with van der Waals surface area (Å²) < 4.78 is 16.0. The highest BCUT2D eigenvalue weighted by atomic mass is 16.6. The van der Waals surface area contributed by atoms with Crippen LogP contribution in [0.1, 0.15) is 24.2 Å². The van der Waals surface area contributed by atoms with Crippen molar-refractivity contribution >= 4 is 17.7 Å². The van der Waals surface area contributed by atoms with Crippen molar-refractivity contribution in [2.24, 2.45) is 0 Å². The van der Waals surface area contributed by atoms with Gasteiger partial charge in [0.15, 0.2) is 11.5 Å². The molecule has 2 rings (SSSR count). The van der Waals surface area contributed by atoms with E-state index in [1.54, 1.807) is 13.8 Å². The fourth-order valence-electron chi connectivity index (χ4n) is 1.97. The van der Waals surface area contributed by atoms with Gasteiger partial charge in [-0.2, -0.15) is 0 Å². The number of methoxy groups -OCH3 is 1. The van der Waals surface area contributed by atoms with E-state index in [1.165, 1.54) is 19.2 Å². The van der Waals surface area contributed by atoms with Crippen LogP contribution in [0.2, 0.25) is 0 Å². The lowest BCUT2D eigenvalue weighted by Gasteiger charge is -2.21. The van der Waals surface area contributed by atoms with Gasteiger partial charge in [0.05, 0.1) is 7.11 Å². The zero-order valence-corrected chi connectivity index (χ0v) is 13.6. The quantitative estimate of drug-likeness (QED) is 0.518. The number of carbonyl (C=O) groups excluding carboxylic acids is 3. The van der Waals surface area contributed by atoms with Crippen molar-refractivity contribution in [2.75, 3.05) is 20.3 Å². The Kier molecular flexibility index (Phi) is 5.46. The van der Waals surface area contributed by atoms with Gasteiger partial charge < -0.3 is 19.5 Å². The molecule has 0 saturated heterocycles. The molecule has 3 N–H and O–H groups in total. The molecule has 0 fully saturated rings. The van der Waals surface area contributed by atoms with E-state index in [2.05, 4.69) is 10.7 Å². The van der Waals surface area contributed by atoms with Gasteiger partial charge in [-0.3, -0.25) is 25.2 Å². The van der Waals surface area contributed by atoms with Crippen molar-refractivity contribution in [3.63, 3.8) is 0 Å². The molecule has 0 radical (unpaired) electrons. The first kappa shape index (κ1) is 17.4. The molecule has 9 nitrogen and oxygen atoms in total. The summed E-state index contributed by atoms with van der Waals surface area (Å²) in [4.78, 5) is 35.2. The fourth-order valence-corrected chi connectivity index (χ4v) is 1.97. The summed E-state index contributed by atoms with van der Waals surface area (Å²) in [7, 11) is 1.44. The molecule has 0 unspecified atom stereocenters. The highest BCUT2D eigenvalue weighted by Gasteiger charge is 2.22. The number of fused-ring (bicyclic) bond motifs is 1. The van der Waals surface area contributed by atoms with Crippen LogP contribution in [0, 0.1) is 0 Å². The molecule has 1 aromatic rings. The molecule has 0 spiro atoms. The lowest BCUT2D eigenvalue weighted by Crippen LogP contribution is -2.49. The number of benzene rings is 1. The number of amides is 3. The van der Waals surface area contributed by atoms with E-state index in [-0.39, 0.29) is 11.6 Å². The van der Waals surface area contributed by atoms with Crippen LogP contribution in [0.4, 0.5) is 0 Å². The minimum Gasteiger partial charge on any atom is -0.493 e. The fraction of sp³-hybridized carbons (Fsp3) is 0.400. The van der Waals surface area contributed by atoms with E-state index >= 15 is 0 Å². The molecule has 9 heteroatoms. The van der Waals surface area contributed by atoms with Crippen molar-refractivity contribution in [2.45, 2.75) is 19.9 Å². The van der Waals surface area contributed by atoms with Crippen LogP contribution >= 0.6 is 0 Å². The minimum absolute atomic E-state index is 0.181. The Morgan fingerprint density at radius 3 is 2.46 bits per heavy atom. The van der Waals surface area contributed by atoms with Gasteiger partial charge in [-0.15, -0.1) is 0 Å². The molecular weight excluding hydrogens is 318 g/mol. The van der Waals surface area contributed by atoms with E-state index in [1.807, 2.05) is 5.43 Å². The number of ether oxygens (including phenoxy) is 3. The maximum atomic E-state index is 12.1. The van der Waals surface area contributed by atoms with Crippen LogP contribution in [0.15, 0.2) is 12.1 Å². The lowest BCUT2D eigenvalue weighted by atomic mass is 10.1. The van der Waals surface area contributed by atoms with Crippen LogP contribution < -0.4 is 30.4 Å². The third-order valence-corrected chi connectivity index (χ3v) is 3.01. The first-order chi connectivity index (χ1) is 11.4. The van der Waals surface area contributed by atoms with Gasteiger partial charge in [-0.25, -0.2) is 0 Å². The summed E-state index contributed by atoms with van der Waals surface area (Å²) in [6, 6.07) is 2.72. The number of hydrogen-bond acceptors (Lipinski definition) is 6. The molecular formula is C15H19N3O6. The maximum absolute atomic E-state index is 12.1. The van der Waals surface area contributed by atoms with Crippen molar-refractivity contribution < 1.29 is 28.6 Å². The summed E-state index contributed by atoms with van der Waals surface area (Å²) in [5.74, 6) is -1.32. The summed E-state index contributed by atoms with van der Waals surface area (Å²) in [5.41, 5.74) is 4.38. The minimum atomic E-state index is -0.971. The Morgan fingerprint density at radius 1 is 1.08 bits per heavy atom. The van der Waals surface area contributed by atoms with Crippen LogP contribution in [-0.4, -0.2) is 44.1 Å². The van der Waals surface area contributed by atoms with Crippen LogP contribution in [0.25, 0.3) is 0 Å². The van der Waals surface area contributed by atoms with Crippen LogP contribution in [-0.2, 0) is 9.59 Å². The predicted octanol–water partition coefficient (Wildman–Crippen LogP) is -0.248. The Hall–Kier alpha value is -2.97. The van der Waals surface area contributed by atoms with E-state index in [0.717, 1.165) is 0 Å². The number of carbonyl (C=O) groups is 3. The molecule has 1 aliphatic heterocycles. The van der Waals surface area contributed by atoms with E-state index < -0.39 is 17.7 Å². The molecule has 1 heterocycles. The van der Waals surface area contributed by atoms with E-state index in [0.29, 0.717) is 30.5 Å². The summed E-state index contributed by atoms with van der Waals surface area (Å²) in [6.45, 7) is 4.17. The maximum Gasteiger partial charge on any atom is 0.327 e. The second kappa shape index (κ2) is 7.53. The zero-order chi connectivity index (χ0) is 17.7. The normalized spacial score (nSPS) is 12.3. The molecule has 0 aliphatic carbocycles. The third kappa shape index (κ3) is 4.06. The molecule has 0 atom stereocenters. The topological polar surface area (TPSA) is 115 Å². The highest BCUT2D eigenvalue weighted by molar-refractivity contribution is 6.35. The van der Waals surface area contributed by atoms with Crippen LogP contribution in [0.5, 0.6) is 17.2 Å². The number of rotatable bonds is 3. The smallest absolute Gasteiger partial charge is 0.327 e. The highest BCUT2D eigenvalue weighted by Crippen LogP contribution is 2.40. The summed E-state index contributed by atoms with van der Waals surface area (Å²) in [6.07, 6.45) is 0. The second-order valence-corrected chi connectivity index (χ2v) is 5.24. The molecule has 0 saturated carbocycles. The Labute approximate surface area is 138 Å². The number of hydrazine groups is 1. The number of nitrogens with one attached hydrogen (secondary N) is 3. The third-order valence-electron chi connectivity index (χ3n) is 3.01. The largest absolute Gasteiger partial charge is 0.493 e. The van der Waals surface area contributed by atoms with Crippen LogP contribution in [0.3, 0.4) is 0 Å². The zero-order valence-electron chi connectivity index (χ0n) is 13.6. The first-order valence-corrected chi connectivity index (χ1v) is 7.31. The van der Waals surface area contributed by atoms with E-state index in [9.17, 15) is 14.4 Å². The average molecular weight is 337 g/mol. The Bertz CT molecular complexity index is 642. The van der Waals surface area contributed by atoms with Gasteiger partial charge in [0.1, 0.15) is 13.2 Å². The molecule has 1 aliphatic rings. The van der Waals surface area contributed by atoms with Gasteiger partial charge in [0, 0.05) is 11.6 Å². The SMILES string of the molecule is COc1cc(C(=O)NNC(=O)C(=O)NC(C)C)cc2c1OCCO2. The molecule has 24 heavy (non-hydrogen) atoms. The molecule has 0 bridgehead atoms. The Balaban J connectivity index is 2.05. The molecule has 1 aromatic carbocycles. The van der Waals surface area contributed by atoms with Crippen molar-refractivity contribution in [1.29, 1.82) is 0 Å². The first-order valence-electron chi connectivity index (χ1n) is 7.31. The second-order valence-electron chi connectivity index (χ2n) is 5.24. The van der Waals surface area contributed by atoms with Crippen molar-refractivity contribution in [1.82, 2.24) is 16.2 Å². The summed E-state index contributed by atoms with van der Waals surface area (Å²) in [5, 5.41) is 2.41. The standard InChI is InChI=1S/C15H19N3O6/c1-8(2)16-14(20)15(21)18-17-13(19)9-6-10(22-3)12-11(7-9)23-4-5-24-12/h6-8H,4-5H2,1-3H3,(H,16,20)(H,17,19)(H,18,21). The number of hydrogen-bond donors (Lipinski definition) is 3. The molecule has 130 valence electrons. The van der Waals surface area contributed by atoms with Crippen molar-refractivity contribution in [3.05, 3.63) is 17.7 Å². The average Bonchev–Trinajstić information content (AvgIpc) is 2.57.